The lowest BCUT2D eigenvalue weighted by Crippen LogP contribution is -2.63. The lowest BCUT2D eigenvalue weighted by molar-refractivity contribution is -0.142. The number of hydrogen-bond acceptors (Lipinski definition) is 3. The third kappa shape index (κ3) is 1.87. The second kappa shape index (κ2) is 5.08. The van der Waals surface area contributed by atoms with E-state index in [2.05, 4.69) is 39.8 Å². The maximum Gasteiger partial charge on any atom is 0.337 e. The summed E-state index contributed by atoms with van der Waals surface area (Å²) >= 11 is 3.72. The van der Waals surface area contributed by atoms with Gasteiger partial charge >= 0.3 is 5.97 Å². The molecule has 0 radical (unpaired) electrons. The molecule has 0 spiro atoms. The van der Waals surface area contributed by atoms with Crippen LogP contribution in [-0.4, -0.2) is 23.8 Å². The first kappa shape index (κ1) is 15.5. The molecule has 3 aliphatic carbocycles. The molecule has 4 nitrogen and oxygen atoms in total. The molecule has 0 aromatic heterocycles. The van der Waals surface area contributed by atoms with E-state index in [1.807, 2.05) is 0 Å². The van der Waals surface area contributed by atoms with E-state index < -0.39 is 0 Å². The van der Waals surface area contributed by atoms with Crippen LogP contribution in [0.5, 0.6) is 0 Å². The van der Waals surface area contributed by atoms with Crippen LogP contribution in [0, 0.1) is 16.7 Å². The largest absolute Gasteiger partial charge is 0.465 e. The van der Waals surface area contributed by atoms with Gasteiger partial charge in [0.15, 0.2) is 0 Å². The van der Waals surface area contributed by atoms with Crippen LogP contribution in [0.4, 0.5) is 5.69 Å². The quantitative estimate of drug-likeness (QED) is 0.657. The minimum Gasteiger partial charge on any atom is -0.465 e. The van der Waals surface area contributed by atoms with E-state index in [-0.39, 0.29) is 27.5 Å². The van der Waals surface area contributed by atoms with Gasteiger partial charge in [0.2, 0.25) is 5.91 Å². The molecule has 0 heterocycles. The van der Waals surface area contributed by atoms with Gasteiger partial charge in [-0.2, -0.15) is 0 Å². The molecule has 1 amide bonds. The number of fused-ring (bicyclic) bond motifs is 1. The molecule has 0 saturated heterocycles. The van der Waals surface area contributed by atoms with E-state index in [0.29, 0.717) is 17.2 Å². The van der Waals surface area contributed by atoms with E-state index in [0.717, 1.165) is 12.8 Å². The summed E-state index contributed by atoms with van der Waals surface area (Å²) in [6, 6.07) is 6.80. The van der Waals surface area contributed by atoms with Crippen LogP contribution in [0.2, 0.25) is 0 Å². The van der Waals surface area contributed by atoms with Gasteiger partial charge in [-0.3, -0.25) is 4.79 Å². The van der Waals surface area contributed by atoms with Gasteiger partial charge in [-0.05, 0) is 48.4 Å². The Balaban J connectivity index is 1.77. The molecular weight excluding hydrogens is 346 g/mol. The summed E-state index contributed by atoms with van der Waals surface area (Å²) in [5.74, 6) is 0.259. The summed E-state index contributed by atoms with van der Waals surface area (Å²) in [5.41, 5.74) is 0.871. The topological polar surface area (TPSA) is 55.4 Å². The summed E-state index contributed by atoms with van der Waals surface area (Å²) in [5, 5.41) is 3.01. The van der Waals surface area contributed by atoms with Crippen LogP contribution in [0.25, 0.3) is 0 Å². The van der Waals surface area contributed by atoms with Crippen LogP contribution < -0.4 is 5.32 Å². The van der Waals surface area contributed by atoms with Gasteiger partial charge in [0.25, 0.3) is 0 Å². The first-order valence-electron chi connectivity index (χ1n) is 7.48. The molecule has 1 aromatic carbocycles. The van der Waals surface area contributed by atoms with Crippen molar-refractivity contribution in [3.8, 4) is 0 Å². The van der Waals surface area contributed by atoms with Gasteiger partial charge in [0.1, 0.15) is 0 Å². The molecule has 3 fully saturated rings. The molecule has 3 atom stereocenters. The van der Waals surface area contributed by atoms with Crippen molar-refractivity contribution in [2.75, 3.05) is 12.4 Å². The summed E-state index contributed by atoms with van der Waals surface area (Å²) in [6.07, 6.45) is 2.02. The smallest absolute Gasteiger partial charge is 0.337 e. The standard InChI is InChI=1S/C17H20BrNO3/c1-16(2)12-8-9-17(16,13(12)18)15(21)19-11-6-4-10(5-7-11)14(20)22-3/h4-7,12-13H,8-9H2,1-3H3,(H,19,21)/t12-,13-,17-/m1/s1. The van der Waals surface area contributed by atoms with Crippen LogP contribution in [0.3, 0.4) is 0 Å². The molecule has 0 unspecified atom stereocenters. The summed E-state index contributed by atoms with van der Waals surface area (Å²) in [6.45, 7) is 4.37. The maximum atomic E-state index is 12.8. The van der Waals surface area contributed by atoms with Crippen molar-refractivity contribution in [2.45, 2.75) is 31.5 Å². The monoisotopic (exact) mass is 365 g/mol. The Bertz CT molecular complexity index is 625. The number of nitrogens with one attached hydrogen (secondary N) is 1. The first-order chi connectivity index (χ1) is 10.3. The Morgan fingerprint density at radius 2 is 1.91 bits per heavy atom. The fraction of sp³-hybridized carbons (Fsp3) is 0.529. The minimum absolute atomic E-state index is 0.0250. The highest BCUT2D eigenvalue weighted by Crippen LogP contribution is 2.73. The van der Waals surface area contributed by atoms with Crippen molar-refractivity contribution in [3.05, 3.63) is 29.8 Å². The summed E-state index contributed by atoms with van der Waals surface area (Å²) < 4.78 is 4.67. The molecule has 1 aromatic rings. The highest BCUT2D eigenvalue weighted by molar-refractivity contribution is 9.09. The molecule has 22 heavy (non-hydrogen) atoms. The predicted molar refractivity (Wildman–Crippen MR) is 88.1 cm³/mol. The number of alkyl halides is 1. The van der Waals surface area contributed by atoms with E-state index in [9.17, 15) is 9.59 Å². The van der Waals surface area contributed by atoms with Crippen molar-refractivity contribution in [1.82, 2.24) is 0 Å². The fourth-order valence-electron chi connectivity index (χ4n) is 4.23. The third-order valence-corrected chi connectivity index (χ3v) is 7.14. The van der Waals surface area contributed by atoms with E-state index in [1.54, 1.807) is 24.3 Å². The zero-order chi connectivity index (χ0) is 16.1. The lowest BCUT2D eigenvalue weighted by atomic mass is 9.50. The molecule has 4 rings (SSSR count). The Morgan fingerprint density at radius 1 is 1.27 bits per heavy atom. The Labute approximate surface area is 138 Å². The minimum atomic E-state index is -0.379. The van der Waals surface area contributed by atoms with E-state index >= 15 is 0 Å². The molecular formula is C17H20BrNO3. The molecule has 2 bridgehead atoms. The molecule has 0 aliphatic heterocycles. The number of benzene rings is 1. The summed E-state index contributed by atoms with van der Waals surface area (Å²) in [4.78, 5) is 24.5. The van der Waals surface area contributed by atoms with Gasteiger partial charge in [0.05, 0.1) is 18.1 Å². The molecule has 1 N–H and O–H groups in total. The third-order valence-electron chi connectivity index (χ3n) is 5.72. The fourth-order valence-corrected chi connectivity index (χ4v) is 6.18. The van der Waals surface area contributed by atoms with Gasteiger partial charge in [0, 0.05) is 10.5 Å². The van der Waals surface area contributed by atoms with E-state index in [1.165, 1.54) is 7.11 Å². The van der Waals surface area contributed by atoms with Crippen LogP contribution >= 0.6 is 15.9 Å². The van der Waals surface area contributed by atoms with Crippen molar-refractivity contribution in [3.63, 3.8) is 0 Å². The number of ether oxygens (including phenoxy) is 1. The SMILES string of the molecule is COC(=O)c1ccc(NC(=O)[C@@]23CC[C@H]([C@H]2Br)C3(C)C)cc1. The van der Waals surface area contributed by atoms with Gasteiger partial charge in [-0.1, -0.05) is 29.8 Å². The predicted octanol–water partition coefficient (Wildman–Crippen LogP) is 3.61. The highest BCUT2D eigenvalue weighted by atomic mass is 79.9. The van der Waals surface area contributed by atoms with Crippen molar-refractivity contribution in [2.24, 2.45) is 16.7 Å². The Kier molecular flexibility index (Phi) is 3.59. The average Bonchev–Trinajstić information content (AvgIpc) is 3.01. The second-order valence-corrected chi connectivity index (χ2v) is 7.75. The number of esters is 1. The zero-order valence-corrected chi connectivity index (χ0v) is 14.6. The number of carbonyl (C=O) groups is 2. The number of methoxy groups -OCH3 is 1. The Morgan fingerprint density at radius 3 is 2.36 bits per heavy atom. The number of amides is 1. The summed E-state index contributed by atoms with van der Waals surface area (Å²) in [7, 11) is 1.35. The van der Waals surface area contributed by atoms with Crippen molar-refractivity contribution < 1.29 is 14.3 Å². The Hall–Kier alpha value is -1.36. The number of halogens is 1. The number of rotatable bonds is 3. The molecule has 5 heteroatoms. The van der Waals surface area contributed by atoms with Crippen LogP contribution in [-0.2, 0) is 9.53 Å². The van der Waals surface area contributed by atoms with Crippen LogP contribution in [0.15, 0.2) is 24.3 Å². The number of carbonyl (C=O) groups excluding carboxylic acids is 2. The highest BCUT2D eigenvalue weighted by Gasteiger charge is 2.73. The van der Waals surface area contributed by atoms with Crippen molar-refractivity contribution in [1.29, 1.82) is 0 Å². The second-order valence-electron chi connectivity index (χ2n) is 6.76. The normalized spacial score (nSPS) is 31.3. The molecule has 3 aliphatic rings. The first-order valence-corrected chi connectivity index (χ1v) is 8.40. The zero-order valence-electron chi connectivity index (χ0n) is 13.0. The lowest BCUT2D eigenvalue weighted by Gasteiger charge is -2.57. The molecule has 118 valence electrons. The van der Waals surface area contributed by atoms with Gasteiger partial charge < -0.3 is 10.1 Å². The molecule has 3 saturated carbocycles. The number of hydrogen-bond donors (Lipinski definition) is 1. The van der Waals surface area contributed by atoms with Crippen LogP contribution in [0.1, 0.15) is 37.0 Å². The maximum absolute atomic E-state index is 12.8. The number of anilines is 1. The average molecular weight is 366 g/mol. The van der Waals surface area contributed by atoms with Crippen molar-refractivity contribution >= 4 is 33.5 Å². The van der Waals surface area contributed by atoms with E-state index in [4.69, 9.17) is 0 Å². The van der Waals surface area contributed by atoms with Gasteiger partial charge in [-0.25, -0.2) is 4.79 Å². The van der Waals surface area contributed by atoms with Gasteiger partial charge in [-0.15, -0.1) is 0 Å².